The number of thiazole rings is 1. The fraction of sp³-hybridized carbons (Fsp3) is 0.812. The molecule has 3 rings (SSSR count). The second kappa shape index (κ2) is 5.74. The lowest BCUT2D eigenvalue weighted by molar-refractivity contribution is 0.0308. The van der Waals surface area contributed by atoms with Crippen molar-refractivity contribution >= 4 is 11.3 Å². The van der Waals surface area contributed by atoms with Crippen molar-refractivity contribution in [1.82, 2.24) is 10.3 Å². The van der Waals surface area contributed by atoms with Crippen LogP contribution in [0.4, 0.5) is 0 Å². The molecule has 3 nitrogen and oxygen atoms in total. The Balaban J connectivity index is 1.81. The van der Waals surface area contributed by atoms with Crippen LogP contribution in [0.5, 0.6) is 0 Å². The van der Waals surface area contributed by atoms with E-state index in [9.17, 15) is 0 Å². The molecule has 20 heavy (non-hydrogen) atoms. The molecular weight excluding hydrogens is 268 g/mol. The third-order valence-corrected chi connectivity index (χ3v) is 5.93. The minimum Gasteiger partial charge on any atom is -0.377 e. The Labute approximate surface area is 126 Å². The van der Waals surface area contributed by atoms with Gasteiger partial charge in [0, 0.05) is 29.9 Å². The molecule has 1 saturated carbocycles. The van der Waals surface area contributed by atoms with Gasteiger partial charge in [-0.3, -0.25) is 0 Å². The number of aryl methyl sites for hydroxylation is 2. The van der Waals surface area contributed by atoms with Crippen molar-refractivity contribution in [2.24, 2.45) is 11.3 Å². The summed E-state index contributed by atoms with van der Waals surface area (Å²) in [7, 11) is 0. The van der Waals surface area contributed by atoms with Crippen molar-refractivity contribution in [3.63, 3.8) is 0 Å². The Morgan fingerprint density at radius 2 is 2.20 bits per heavy atom. The van der Waals surface area contributed by atoms with E-state index < -0.39 is 0 Å². The van der Waals surface area contributed by atoms with Crippen molar-refractivity contribution in [2.75, 3.05) is 19.7 Å². The topological polar surface area (TPSA) is 34.2 Å². The van der Waals surface area contributed by atoms with Crippen molar-refractivity contribution in [2.45, 2.75) is 52.6 Å². The molecule has 112 valence electrons. The zero-order chi connectivity index (χ0) is 14.2. The molecule has 1 aliphatic carbocycles. The van der Waals surface area contributed by atoms with Gasteiger partial charge >= 0.3 is 0 Å². The SMILES string of the molecule is CCNCC1(Cc2nc(C)c(C)s2)CCOC1C1CC1. The molecule has 1 aromatic rings. The fourth-order valence-corrected chi connectivity index (χ4v) is 4.56. The number of hydrogen-bond acceptors (Lipinski definition) is 4. The summed E-state index contributed by atoms with van der Waals surface area (Å²) in [5.41, 5.74) is 1.47. The summed E-state index contributed by atoms with van der Waals surface area (Å²) in [4.78, 5) is 6.14. The van der Waals surface area contributed by atoms with E-state index in [1.165, 1.54) is 34.8 Å². The molecule has 4 heteroatoms. The summed E-state index contributed by atoms with van der Waals surface area (Å²) >= 11 is 1.87. The zero-order valence-electron chi connectivity index (χ0n) is 12.9. The van der Waals surface area contributed by atoms with Crippen LogP contribution < -0.4 is 5.32 Å². The lowest BCUT2D eigenvalue weighted by Crippen LogP contribution is -2.43. The first-order valence-corrected chi connectivity index (χ1v) is 8.71. The van der Waals surface area contributed by atoms with E-state index in [0.29, 0.717) is 6.10 Å². The van der Waals surface area contributed by atoms with Gasteiger partial charge in [-0.05, 0) is 45.6 Å². The van der Waals surface area contributed by atoms with Gasteiger partial charge in [0.2, 0.25) is 0 Å². The summed E-state index contributed by atoms with van der Waals surface area (Å²) in [6.45, 7) is 9.52. The largest absolute Gasteiger partial charge is 0.377 e. The molecule has 1 aromatic heterocycles. The van der Waals surface area contributed by atoms with E-state index in [0.717, 1.165) is 32.0 Å². The predicted molar refractivity (Wildman–Crippen MR) is 83.3 cm³/mol. The molecule has 0 radical (unpaired) electrons. The van der Waals surface area contributed by atoms with Crippen molar-refractivity contribution in [1.29, 1.82) is 0 Å². The second-order valence-corrected chi connectivity index (χ2v) is 7.74. The van der Waals surface area contributed by atoms with Gasteiger partial charge in [0.15, 0.2) is 0 Å². The summed E-state index contributed by atoms with van der Waals surface area (Å²) in [6.07, 6.45) is 5.42. The molecule has 2 heterocycles. The van der Waals surface area contributed by atoms with Crippen LogP contribution in [-0.4, -0.2) is 30.8 Å². The van der Waals surface area contributed by atoms with Crippen LogP contribution in [0.25, 0.3) is 0 Å². The monoisotopic (exact) mass is 294 g/mol. The van der Waals surface area contributed by atoms with Gasteiger partial charge < -0.3 is 10.1 Å². The van der Waals surface area contributed by atoms with Crippen LogP contribution in [0.1, 0.15) is 41.8 Å². The van der Waals surface area contributed by atoms with Gasteiger partial charge in [-0.25, -0.2) is 4.98 Å². The number of nitrogens with zero attached hydrogens (tertiary/aromatic N) is 1. The van der Waals surface area contributed by atoms with Gasteiger partial charge in [0.05, 0.1) is 16.8 Å². The molecule has 2 fully saturated rings. The summed E-state index contributed by atoms with van der Waals surface area (Å²) in [5.74, 6) is 0.804. The summed E-state index contributed by atoms with van der Waals surface area (Å²) in [5, 5.41) is 4.88. The number of hydrogen-bond donors (Lipinski definition) is 1. The molecule has 1 aliphatic heterocycles. The molecule has 0 aromatic carbocycles. The third-order valence-electron chi connectivity index (χ3n) is 4.85. The number of ether oxygens (including phenoxy) is 1. The molecule has 0 bridgehead atoms. The molecule has 1 N–H and O–H groups in total. The zero-order valence-corrected chi connectivity index (χ0v) is 13.7. The standard InChI is InChI=1S/C16H26N2OS/c1-4-17-10-16(7-8-19-15(16)13-5-6-13)9-14-18-11(2)12(3)20-14/h13,15,17H,4-10H2,1-3H3. The Bertz CT molecular complexity index is 450. The summed E-state index contributed by atoms with van der Waals surface area (Å²) < 4.78 is 6.14. The van der Waals surface area contributed by atoms with Gasteiger partial charge in [0.1, 0.15) is 0 Å². The van der Waals surface area contributed by atoms with Crippen LogP contribution in [0, 0.1) is 25.2 Å². The number of nitrogens with one attached hydrogen (secondary N) is 1. The van der Waals surface area contributed by atoms with Gasteiger partial charge in [0.25, 0.3) is 0 Å². The summed E-state index contributed by atoms with van der Waals surface area (Å²) in [6, 6.07) is 0. The van der Waals surface area contributed by atoms with Crippen LogP contribution in [-0.2, 0) is 11.2 Å². The first-order chi connectivity index (χ1) is 9.64. The smallest absolute Gasteiger partial charge is 0.0937 e. The fourth-order valence-electron chi connectivity index (χ4n) is 3.47. The minimum absolute atomic E-state index is 0.272. The van der Waals surface area contributed by atoms with Crippen LogP contribution >= 0.6 is 11.3 Å². The van der Waals surface area contributed by atoms with Gasteiger partial charge in [-0.2, -0.15) is 0 Å². The first kappa shape index (κ1) is 14.5. The van der Waals surface area contributed by atoms with Gasteiger partial charge in [-0.1, -0.05) is 6.92 Å². The maximum Gasteiger partial charge on any atom is 0.0937 e. The number of aromatic nitrogens is 1. The third kappa shape index (κ3) is 2.78. The highest BCUT2D eigenvalue weighted by atomic mass is 32.1. The van der Waals surface area contributed by atoms with E-state index in [-0.39, 0.29) is 5.41 Å². The van der Waals surface area contributed by atoms with E-state index in [4.69, 9.17) is 9.72 Å². The molecular formula is C16H26N2OS. The molecule has 0 amide bonds. The minimum atomic E-state index is 0.272. The average molecular weight is 294 g/mol. The van der Waals surface area contributed by atoms with Crippen molar-refractivity contribution in [3.05, 3.63) is 15.6 Å². The van der Waals surface area contributed by atoms with Crippen LogP contribution in [0.3, 0.4) is 0 Å². The molecule has 2 aliphatic rings. The van der Waals surface area contributed by atoms with Gasteiger partial charge in [-0.15, -0.1) is 11.3 Å². The normalized spacial score (nSPS) is 30.1. The van der Waals surface area contributed by atoms with Crippen LogP contribution in [0.2, 0.25) is 0 Å². The Hall–Kier alpha value is -0.450. The molecule has 2 atom stereocenters. The average Bonchev–Trinajstić information content (AvgIpc) is 3.11. The maximum atomic E-state index is 6.14. The molecule has 2 unspecified atom stereocenters. The first-order valence-electron chi connectivity index (χ1n) is 7.90. The quantitative estimate of drug-likeness (QED) is 0.875. The Kier molecular flexibility index (Phi) is 4.16. The number of rotatable bonds is 6. The van der Waals surface area contributed by atoms with Crippen molar-refractivity contribution in [3.8, 4) is 0 Å². The highest BCUT2D eigenvalue weighted by Gasteiger charge is 2.50. The lowest BCUT2D eigenvalue weighted by Gasteiger charge is -2.34. The van der Waals surface area contributed by atoms with Crippen LogP contribution in [0.15, 0.2) is 0 Å². The highest BCUT2D eigenvalue weighted by Crippen LogP contribution is 2.49. The second-order valence-electron chi connectivity index (χ2n) is 6.45. The van der Waals surface area contributed by atoms with E-state index in [1.807, 2.05) is 11.3 Å². The highest BCUT2D eigenvalue weighted by molar-refractivity contribution is 7.11. The Morgan fingerprint density at radius 1 is 1.40 bits per heavy atom. The van der Waals surface area contributed by atoms with Crippen molar-refractivity contribution < 1.29 is 4.74 Å². The molecule has 0 spiro atoms. The maximum absolute atomic E-state index is 6.14. The predicted octanol–water partition coefficient (Wildman–Crippen LogP) is 3.10. The lowest BCUT2D eigenvalue weighted by atomic mass is 9.76. The molecule has 1 saturated heterocycles. The van der Waals surface area contributed by atoms with E-state index in [2.05, 4.69) is 26.1 Å². The van der Waals surface area contributed by atoms with E-state index in [1.54, 1.807) is 0 Å². The Morgan fingerprint density at radius 3 is 2.80 bits per heavy atom. The van der Waals surface area contributed by atoms with E-state index >= 15 is 0 Å².